The van der Waals surface area contributed by atoms with Crippen molar-refractivity contribution < 1.29 is 28.5 Å². The third-order valence-corrected chi connectivity index (χ3v) is 13.1. The number of hydrogen-bond acceptors (Lipinski definition) is 6. The first-order valence-electron chi connectivity index (χ1n) is 15.6. The first kappa shape index (κ1) is 36.9. The quantitative estimate of drug-likeness (QED) is 0.120. The van der Waals surface area contributed by atoms with Crippen molar-refractivity contribution in [2.75, 3.05) is 13.7 Å². The second kappa shape index (κ2) is 17.9. The fraction of sp³-hybridized carbons (Fsp3) is 0.583. The van der Waals surface area contributed by atoms with Crippen LogP contribution >= 0.6 is 0 Å². The first-order chi connectivity index (χ1) is 20.3. The molecule has 2 aromatic carbocycles. The van der Waals surface area contributed by atoms with Gasteiger partial charge in [-0.3, -0.25) is 4.79 Å². The summed E-state index contributed by atoms with van der Waals surface area (Å²) in [5, 5.41) is 10.0. The van der Waals surface area contributed by atoms with Crippen molar-refractivity contribution in [1.82, 2.24) is 0 Å². The van der Waals surface area contributed by atoms with Crippen molar-refractivity contribution in [2.45, 2.75) is 110 Å². The molecule has 0 fully saturated rings. The molecule has 0 aliphatic rings. The molecule has 43 heavy (non-hydrogen) atoms. The summed E-state index contributed by atoms with van der Waals surface area (Å²) in [7, 11) is -0.414. The second-order valence-electron chi connectivity index (χ2n) is 13.4. The molecule has 1 N–H and O–H groups in total. The molecule has 0 spiro atoms. The van der Waals surface area contributed by atoms with Crippen LogP contribution in [0, 0.1) is 11.8 Å². The molecule has 0 heterocycles. The zero-order valence-corrected chi connectivity index (χ0v) is 28.8. The molecule has 7 heteroatoms. The van der Waals surface area contributed by atoms with Crippen LogP contribution in [-0.4, -0.2) is 51.2 Å². The summed E-state index contributed by atoms with van der Waals surface area (Å²) in [6.45, 7) is 21.0. The van der Waals surface area contributed by atoms with E-state index in [9.17, 15) is 9.90 Å². The Bertz CT molecular complexity index is 1080. The minimum atomic E-state index is -2.06. The van der Waals surface area contributed by atoms with Crippen LogP contribution in [0.25, 0.3) is 0 Å². The van der Waals surface area contributed by atoms with Gasteiger partial charge in [-0.2, -0.15) is 0 Å². The van der Waals surface area contributed by atoms with Crippen LogP contribution in [0.3, 0.4) is 0 Å². The van der Waals surface area contributed by atoms with Crippen LogP contribution in [0.5, 0.6) is 5.75 Å². The van der Waals surface area contributed by atoms with E-state index in [0.29, 0.717) is 26.2 Å². The maximum atomic E-state index is 12.8. The lowest BCUT2D eigenvalue weighted by molar-refractivity contribution is -0.123. The lowest BCUT2D eigenvalue weighted by atomic mass is 9.89. The zero-order chi connectivity index (χ0) is 32.0. The molecule has 0 aliphatic heterocycles. The number of carbonyl (C=O) groups excluding carboxylic acids is 1. The summed E-state index contributed by atoms with van der Waals surface area (Å²) in [5.74, 6) is 1.18. The average molecular weight is 613 g/mol. The lowest BCUT2D eigenvalue weighted by Crippen LogP contribution is -2.48. The van der Waals surface area contributed by atoms with Gasteiger partial charge in [0.15, 0.2) is 8.32 Å². The van der Waals surface area contributed by atoms with E-state index in [1.54, 1.807) is 7.11 Å². The fourth-order valence-corrected chi connectivity index (χ4v) is 6.29. The lowest BCUT2D eigenvalue weighted by Gasteiger charge is -2.43. The maximum Gasteiger partial charge on any atom is 0.192 e. The van der Waals surface area contributed by atoms with Crippen molar-refractivity contribution in [3.8, 4) is 5.75 Å². The number of aliphatic hydroxyl groups is 1. The summed E-state index contributed by atoms with van der Waals surface area (Å²) >= 11 is 0. The molecule has 0 saturated carbocycles. The third-order valence-electron chi connectivity index (χ3n) is 8.60. The number of benzene rings is 2. The topological polar surface area (TPSA) is 74.2 Å². The molecule has 0 saturated heterocycles. The molecular weight excluding hydrogens is 556 g/mol. The molecule has 0 aromatic heterocycles. The number of ether oxygens (including phenoxy) is 3. The Morgan fingerprint density at radius 2 is 1.56 bits per heavy atom. The van der Waals surface area contributed by atoms with Crippen LogP contribution in [0.15, 0.2) is 67.3 Å². The predicted octanol–water partition coefficient (Wildman–Crippen LogP) is 8.14. The average Bonchev–Trinajstić information content (AvgIpc) is 2.97. The van der Waals surface area contributed by atoms with Crippen LogP contribution in [0.2, 0.25) is 18.1 Å². The van der Waals surface area contributed by atoms with E-state index in [0.717, 1.165) is 23.3 Å². The highest BCUT2D eigenvalue weighted by molar-refractivity contribution is 6.74. The standard InChI is InChI=1S/C36H56O6Si/c1-10-31(37)22-32(38)23-34(41-26-30-17-20-33(39-7)21-18-30)19-16-27(2)35(42-43(8,9)36(4,5)6)28(3)24-40-25-29-14-12-11-13-15-29/h10-15,17-18,20-21,27-28,31,34-35,37H,1,16,19,22-26H2,2-9H3/t27-,28-,31+,34+,35+/m1/s1. The van der Waals surface area contributed by atoms with Gasteiger partial charge in [0.2, 0.25) is 0 Å². The summed E-state index contributed by atoms with van der Waals surface area (Å²) in [4.78, 5) is 12.8. The number of hydrogen-bond donors (Lipinski definition) is 1. The van der Waals surface area contributed by atoms with Crippen LogP contribution in [-0.2, 0) is 31.9 Å². The van der Waals surface area contributed by atoms with Gasteiger partial charge in [-0.1, -0.05) is 83.2 Å². The van der Waals surface area contributed by atoms with E-state index >= 15 is 0 Å². The number of methoxy groups -OCH3 is 1. The molecule has 0 aliphatic carbocycles. The molecule has 5 atom stereocenters. The minimum Gasteiger partial charge on any atom is -0.497 e. The van der Waals surface area contributed by atoms with Crippen molar-refractivity contribution in [3.05, 3.63) is 78.4 Å². The molecule has 0 bridgehead atoms. The fourth-order valence-electron chi connectivity index (χ4n) is 4.79. The highest BCUT2D eigenvalue weighted by Gasteiger charge is 2.41. The van der Waals surface area contributed by atoms with Gasteiger partial charge >= 0.3 is 0 Å². The monoisotopic (exact) mass is 612 g/mol. The van der Waals surface area contributed by atoms with Crippen LogP contribution < -0.4 is 4.74 Å². The maximum absolute atomic E-state index is 12.8. The van der Waals surface area contributed by atoms with E-state index in [2.05, 4.69) is 66.4 Å². The molecule has 240 valence electrons. The van der Waals surface area contributed by atoms with Crippen molar-refractivity contribution in [2.24, 2.45) is 11.8 Å². The van der Waals surface area contributed by atoms with E-state index in [-0.39, 0.29) is 47.7 Å². The van der Waals surface area contributed by atoms with Gasteiger partial charge in [-0.05, 0) is 60.2 Å². The molecule has 0 amide bonds. The molecule has 0 unspecified atom stereocenters. The third kappa shape index (κ3) is 13.1. The Kier molecular flexibility index (Phi) is 15.3. The number of ketones is 1. The van der Waals surface area contributed by atoms with Gasteiger partial charge < -0.3 is 23.7 Å². The SMILES string of the molecule is C=C[C@H](O)CC(=O)C[C@H](CC[C@@H](C)[C@H](O[Si](C)(C)C(C)(C)C)[C@H](C)COCc1ccccc1)OCc1ccc(OC)cc1. The Labute approximate surface area is 261 Å². The van der Waals surface area contributed by atoms with Gasteiger partial charge in [-0.25, -0.2) is 0 Å². The number of aliphatic hydroxyl groups excluding tert-OH is 1. The highest BCUT2D eigenvalue weighted by Crippen LogP contribution is 2.40. The van der Waals surface area contributed by atoms with Crippen LogP contribution in [0.4, 0.5) is 0 Å². The second-order valence-corrected chi connectivity index (χ2v) is 18.2. The Balaban J connectivity index is 2.13. The molecule has 2 aromatic rings. The van der Waals surface area contributed by atoms with Gasteiger partial charge in [0, 0.05) is 18.8 Å². The van der Waals surface area contributed by atoms with Gasteiger partial charge in [0.1, 0.15) is 11.5 Å². The Morgan fingerprint density at radius 3 is 2.14 bits per heavy atom. The number of carbonyl (C=O) groups is 1. The molecule has 2 rings (SSSR count). The normalized spacial score (nSPS) is 15.7. The predicted molar refractivity (Wildman–Crippen MR) is 178 cm³/mol. The van der Waals surface area contributed by atoms with Gasteiger partial charge in [0.25, 0.3) is 0 Å². The van der Waals surface area contributed by atoms with E-state index in [1.165, 1.54) is 6.08 Å². The highest BCUT2D eigenvalue weighted by atomic mass is 28.4. The summed E-state index contributed by atoms with van der Waals surface area (Å²) in [5.41, 5.74) is 2.17. The van der Waals surface area contributed by atoms with Crippen molar-refractivity contribution in [3.63, 3.8) is 0 Å². The van der Waals surface area contributed by atoms with E-state index in [4.69, 9.17) is 18.6 Å². The van der Waals surface area contributed by atoms with Gasteiger partial charge in [0.05, 0.1) is 45.2 Å². The Morgan fingerprint density at radius 1 is 0.930 bits per heavy atom. The van der Waals surface area contributed by atoms with Crippen molar-refractivity contribution >= 4 is 14.1 Å². The molecule has 0 radical (unpaired) electrons. The molecule has 6 nitrogen and oxygen atoms in total. The summed E-state index contributed by atoms with van der Waals surface area (Å²) < 4.78 is 24.8. The number of Topliss-reactive ketones (excluding diaryl/α,β-unsaturated/α-hetero) is 1. The molecular formula is C36H56O6Si. The smallest absolute Gasteiger partial charge is 0.192 e. The Hall–Kier alpha value is -2.29. The first-order valence-corrected chi connectivity index (χ1v) is 18.5. The minimum absolute atomic E-state index is 0.0113. The van der Waals surface area contributed by atoms with Crippen molar-refractivity contribution in [1.29, 1.82) is 0 Å². The zero-order valence-electron chi connectivity index (χ0n) is 27.8. The van der Waals surface area contributed by atoms with E-state index < -0.39 is 14.4 Å². The van der Waals surface area contributed by atoms with E-state index in [1.807, 2.05) is 42.5 Å². The van der Waals surface area contributed by atoms with Crippen LogP contribution in [0.1, 0.15) is 71.4 Å². The largest absolute Gasteiger partial charge is 0.497 e. The summed E-state index contributed by atoms with van der Waals surface area (Å²) in [6, 6.07) is 18.0. The number of rotatable bonds is 20. The van der Waals surface area contributed by atoms with Gasteiger partial charge in [-0.15, -0.1) is 6.58 Å². The summed E-state index contributed by atoms with van der Waals surface area (Å²) in [6.07, 6.45) is 2.15.